The first kappa shape index (κ1) is 28.4. The largest absolute Gasteiger partial charge is 0.465 e. The number of likely N-dealkylation sites (N-methyl/N-ethyl adjacent to an activating group) is 2. The number of thioether (sulfide) groups is 1. The van der Waals surface area contributed by atoms with Crippen molar-refractivity contribution in [1.29, 1.82) is 0 Å². The van der Waals surface area contributed by atoms with Gasteiger partial charge in [-0.3, -0.25) is 14.4 Å². The molecule has 1 fully saturated rings. The summed E-state index contributed by atoms with van der Waals surface area (Å²) in [6, 6.07) is 13.0. The van der Waals surface area contributed by atoms with Crippen molar-refractivity contribution in [3.8, 4) is 0 Å². The summed E-state index contributed by atoms with van der Waals surface area (Å²) in [4.78, 5) is 52.2. The van der Waals surface area contributed by atoms with E-state index in [2.05, 4.69) is 4.74 Å². The third kappa shape index (κ3) is 6.56. The summed E-state index contributed by atoms with van der Waals surface area (Å²) >= 11 is 1.01. The standard InChI is InChI=1S/C25H29N3O7S2/c1-17(29)36-20-14-22(28(15-20)37(33,34)21-8-6-5-7-9-21)24(31)26(2)16-23(30)27(3)19-12-10-18(11-13-19)25(32)35-4/h5-13,20,22H,14-16H2,1-4H3. The van der Waals surface area contributed by atoms with Gasteiger partial charge in [-0.2, -0.15) is 4.31 Å². The van der Waals surface area contributed by atoms with Crippen LogP contribution in [0.5, 0.6) is 0 Å². The fourth-order valence-electron chi connectivity index (χ4n) is 4.03. The highest BCUT2D eigenvalue weighted by atomic mass is 32.2. The molecule has 1 saturated heterocycles. The highest BCUT2D eigenvalue weighted by Gasteiger charge is 2.45. The molecule has 0 aliphatic carbocycles. The zero-order valence-corrected chi connectivity index (χ0v) is 22.6. The van der Waals surface area contributed by atoms with Gasteiger partial charge >= 0.3 is 5.97 Å². The Hall–Kier alpha value is -3.22. The summed E-state index contributed by atoms with van der Waals surface area (Å²) in [5.74, 6) is -1.44. The number of carbonyl (C=O) groups is 4. The predicted molar refractivity (Wildman–Crippen MR) is 140 cm³/mol. The summed E-state index contributed by atoms with van der Waals surface area (Å²) in [5.41, 5.74) is 0.837. The molecule has 2 aromatic carbocycles. The summed E-state index contributed by atoms with van der Waals surface area (Å²) in [7, 11) is 0.240. The van der Waals surface area contributed by atoms with Crippen LogP contribution in [-0.2, 0) is 29.1 Å². The fourth-order valence-corrected chi connectivity index (χ4v) is 6.77. The van der Waals surface area contributed by atoms with Crippen LogP contribution in [0.25, 0.3) is 0 Å². The second-order valence-electron chi connectivity index (χ2n) is 8.56. The molecule has 10 nitrogen and oxygen atoms in total. The minimum atomic E-state index is -4.01. The first-order valence-corrected chi connectivity index (χ1v) is 13.7. The van der Waals surface area contributed by atoms with Crippen LogP contribution in [0.1, 0.15) is 23.7 Å². The van der Waals surface area contributed by atoms with E-state index < -0.39 is 33.8 Å². The van der Waals surface area contributed by atoms with Gasteiger partial charge in [-0.25, -0.2) is 13.2 Å². The Morgan fingerprint density at radius 2 is 1.65 bits per heavy atom. The first-order chi connectivity index (χ1) is 17.4. The third-order valence-corrected chi connectivity index (χ3v) is 8.88. The van der Waals surface area contributed by atoms with Crippen LogP contribution < -0.4 is 4.90 Å². The Bertz CT molecular complexity index is 1270. The molecule has 0 saturated carbocycles. The van der Waals surface area contributed by atoms with Gasteiger partial charge in [-0.15, -0.1) is 0 Å². The smallest absolute Gasteiger partial charge is 0.337 e. The molecule has 2 atom stereocenters. The molecule has 0 spiro atoms. The Morgan fingerprint density at radius 3 is 2.22 bits per heavy atom. The van der Waals surface area contributed by atoms with Crippen molar-refractivity contribution in [3.63, 3.8) is 0 Å². The Kier molecular flexibility index (Phi) is 9.11. The molecule has 0 bridgehead atoms. The quantitative estimate of drug-likeness (QED) is 0.460. The molecule has 37 heavy (non-hydrogen) atoms. The lowest BCUT2D eigenvalue weighted by atomic mass is 10.2. The topological polar surface area (TPSA) is 121 Å². The molecule has 2 amide bonds. The fraction of sp³-hybridized carbons (Fsp3) is 0.360. The summed E-state index contributed by atoms with van der Waals surface area (Å²) < 4.78 is 32.5. The molecular weight excluding hydrogens is 518 g/mol. The van der Waals surface area contributed by atoms with Gasteiger partial charge in [0.2, 0.25) is 21.8 Å². The predicted octanol–water partition coefficient (Wildman–Crippen LogP) is 2.01. The Labute approximate surface area is 220 Å². The van der Waals surface area contributed by atoms with Crippen molar-refractivity contribution >= 4 is 50.4 Å². The Balaban J connectivity index is 1.76. The molecular formula is C25H29N3O7S2. The van der Waals surface area contributed by atoms with Gasteiger partial charge in [0.25, 0.3) is 0 Å². The number of hydrogen-bond donors (Lipinski definition) is 0. The van der Waals surface area contributed by atoms with E-state index in [0.29, 0.717) is 11.3 Å². The maximum absolute atomic E-state index is 13.4. The average Bonchev–Trinajstić information content (AvgIpc) is 3.31. The van der Waals surface area contributed by atoms with Crippen LogP contribution in [0.4, 0.5) is 5.69 Å². The highest BCUT2D eigenvalue weighted by Crippen LogP contribution is 2.33. The lowest BCUT2D eigenvalue weighted by Crippen LogP contribution is -2.49. The average molecular weight is 548 g/mol. The van der Waals surface area contributed by atoms with Crippen molar-refractivity contribution in [1.82, 2.24) is 9.21 Å². The van der Waals surface area contributed by atoms with Crippen molar-refractivity contribution in [2.75, 3.05) is 39.2 Å². The van der Waals surface area contributed by atoms with E-state index in [1.807, 2.05) is 0 Å². The van der Waals surface area contributed by atoms with Crippen LogP contribution in [-0.4, -0.2) is 86.1 Å². The number of ether oxygens (including phenoxy) is 1. The molecule has 1 aliphatic heterocycles. The molecule has 2 aromatic rings. The number of hydrogen-bond acceptors (Lipinski definition) is 8. The number of carbonyl (C=O) groups excluding carboxylic acids is 4. The minimum Gasteiger partial charge on any atom is -0.465 e. The summed E-state index contributed by atoms with van der Waals surface area (Å²) in [6.45, 7) is 1.11. The maximum atomic E-state index is 13.4. The van der Waals surface area contributed by atoms with Crippen LogP contribution in [0, 0.1) is 0 Å². The van der Waals surface area contributed by atoms with Gasteiger partial charge in [0.05, 0.1) is 24.1 Å². The van der Waals surface area contributed by atoms with E-state index >= 15 is 0 Å². The van der Waals surface area contributed by atoms with E-state index in [9.17, 15) is 27.6 Å². The van der Waals surface area contributed by atoms with Crippen LogP contribution >= 0.6 is 11.8 Å². The highest BCUT2D eigenvalue weighted by molar-refractivity contribution is 8.14. The lowest BCUT2D eigenvalue weighted by Gasteiger charge is -2.28. The van der Waals surface area contributed by atoms with Gasteiger partial charge in [0.1, 0.15) is 6.04 Å². The van der Waals surface area contributed by atoms with Gasteiger partial charge in [-0.1, -0.05) is 30.0 Å². The normalized spacial score (nSPS) is 17.7. The third-order valence-electron chi connectivity index (χ3n) is 5.98. The maximum Gasteiger partial charge on any atom is 0.337 e. The molecule has 198 valence electrons. The molecule has 1 heterocycles. The second-order valence-corrected chi connectivity index (χ2v) is 11.9. The lowest BCUT2D eigenvalue weighted by molar-refractivity contribution is -0.136. The van der Waals surface area contributed by atoms with Gasteiger partial charge < -0.3 is 14.5 Å². The summed E-state index contributed by atoms with van der Waals surface area (Å²) in [5, 5.41) is -0.552. The molecule has 2 unspecified atom stereocenters. The van der Waals surface area contributed by atoms with Crippen molar-refractivity contribution in [3.05, 3.63) is 60.2 Å². The van der Waals surface area contributed by atoms with Gasteiger partial charge in [-0.05, 0) is 42.8 Å². The van der Waals surface area contributed by atoms with E-state index in [1.165, 1.54) is 62.2 Å². The van der Waals surface area contributed by atoms with Crippen LogP contribution in [0.3, 0.4) is 0 Å². The van der Waals surface area contributed by atoms with Crippen molar-refractivity contribution < 1.29 is 32.3 Å². The molecule has 12 heteroatoms. The van der Waals surface area contributed by atoms with Crippen LogP contribution in [0.2, 0.25) is 0 Å². The number of rotatable bonds is 8. The van der Waals surface area contributed by atoms with Crippen LogP contribution in [0.15, 0.2) is 59.5 Å². The van der Waals surface area contributed by atoms with E-state index in [-0.39, 0.29) is 34.8 Å². The number of methoxy groups -OCH3 is 1. The monoisotopic (exact) mass is 547 g/mol. The van der Waals surface area contributed by atoms with Gasteiger partial charge in [0, 0.05) is 38.5 Å². The summed E-state index contributed by atoms with van der Waals surface area (Å²) in [6.07, 6.45) is 0.151. The Morgan fingerprint density at radius 1 is 1.03 bits per heavy atom. The van der Waals surface area contributed by atoms with E-state index in [0.717, 1.165) is 16.1 Å². The number of esters is 1. The second kappa shape index (κ2) is 11.9. The van der Waals surface area contributed by atoms with E-state index in [4.69, 9.17) is 0 Å². The zero-order valence-electron chi connectivity index (χ0n) is 21.0. The molecule has 0 aromatic heterocycles. The van der Waals surface area contributed by atoms with Gasteiger partial charge in [0.15, 0.2) is 5.12 Å². The SMILES string of the molecule is COC(=O)c1ccc(N(C)C(=O)CN(C)C(=O)C2CC(SC(C)=O)CN2S(=O)(=O)c2ccccc2)cc1. The minimum absolute atomic E-state index is 0.00606. The number of benzene rings is 2. The van der Waals surface area contributed by atoms with Crippen molar-refractivity contribution in [2.45, 2.75) is 29.5 Å². The number of sulfonamides is 1. The number of amides is 2. The molecule has 1 aliphatic rings. The molecule has 0 radical (unpaired) electrons. The van der Waals surface area contributed by atoms with Crippen molar-refractivity contribution in [2.24, 2.45) is 0 Å². The number of nitrogens with zero attached hydrogens (tertiary/aromatic N) is 3. The first-order valence-electron chi connectivity index (χ1n) is 11.4. The molecule has 3 rings (SSSR count). The van der Waals surface area contributed by atoms with E-state index in [1.54, 1.807) is 30.3 Å². The molecule has 0 N–H and O–H groups in total. The number of anilines is 1. The zero-order chi connectivity index (χ0) is 27.3.